The van der Waals surface area contributed by atoms with E-state index in [-0.39, 0.29) is 12.2 Å². The van der Waals surface area contributed by atoms with E-state index in [9.17, 15) is 0 Å². The molecule has 0 aliphatic carbocycles. The van der Waals surface area contributed by atoms with Gasteiger partial charge in [-0.25, -0.2) is 4.98 Å². The number of methoxy groups -OCH3 is 1. The molecule has 1 fully saturated rings. The largest absolute Gasteiger partial charge is 0.489 e. The monoisotopic (exact) mass is 483 g/mol. The minimum atomic E-state index is -0.0986. The maximum Gasteiger partial charge on any atom is 0.128 e. The highest BCUT2D eigenvalue weighted by Crippen LogP contribution is 2.33. The molecule has 4 heterocycles. The first-order valence-electron chi connectivity index (χ1n) is 10.5. The zero-order valence-electron chi connectivity index (χ0n) is 18.5. The molecule has 3 aromatic heterocycles. The van der Waals surface area contributed by atoms with Gasteiger partial charge < -0.3 is 14.4 Å². The lowest BCUT2D eigenvalue weighted by atomic mass is 9.96. The zero-order chi connectivity index (χ0) is 23.2. The van der Waals surface area contributed by atoms with Crippen LogP contribution in [0.4, 0.5) is 5.82 Å². The van der Waals surface area contributed by atoms with Crippen LogP contribution < -0.4 is 9.64 Å². The second-order valence-corrected chi connectivity index (χ2v) is 9.25. The van der Waals surface area contributed by atoms with Crippen molar-refractivity contribution in [2.45, 2.75) is 26.1 Å². The lowest BCUT2D eigenvalue weighted by molar-refractivity contribution is -0.0171. The molecule has 4 aromatic rings. The SMILES string of the molecule is COC1(C)CN(c2ccc(-c3n[nH]c4ccc(OCc5c(Cl)cnc(C)c5Cl)cc34)cn2)C1. The molecule has 0 bridgehead atoms. The van der Waals surface area contributed by atoms with Crippen LogP contribution in [-0.2, 0) is 11.3 Å². The lowest BCUT2D eigenvalue weighted by Crippen LogP contribution is -2.61. The molecule has 0 unspecified atom stereocenters. The zero-order valence-corrected chi connectivity index (χ0v) is 20.0. The highest BCUT2D eigenvalue weighted by atomic mass is 35.5. The number of nitrogens with one attached hydrogen (secondary N) is 1. The maximum absolute atomic E-state index is 6.36. The van der Waals surface area contributed by atoms with Gasteiger partial charge in [-0.15, -0.1) is 0 Å². The predicted octanol–water partition coefficient (Wildman–Crippen LogP) is 5.44. The number of anilines is 1. The fraction of sp³-hybridized carbons (Fsp3) is 0.292. The average molecular weight is 484 g/mol. The van der Waals surface area contributed by atoms with E-state index < -0.39 is 0 Å². The third kappa shape index (κ3) is 4.12. The van der Waals surface area contributed by atoms with E-state index in [0.29, 0.717) is 27.1 Å². The summed E-state index contributed by atoms with van der Waals surface area (Å²) < 4.78 is 11.5. The van der Waals surface area contributed by atoms with Gasteiger partial charge in [-0.2, -0.15) is 5.10 Å². The van der Waals surface area contributed by atoms with E-state index in [1.54, 1.807) is 13.3 Å². The second-order valence-electron chi connectivity index (χ2n) is 8.47. The van der Waals surface area contributed by atoms with Crippen molar-refractivity contribution >= 4 is 39.9 Å². The number of H-pyrrole nitrogens is 1. The summed E-state index contributed by atoms with van der Waals surface area (Å²) in [5.41, 5.74) is 3.99. The molecule has 33 heavy (non-hydrogen) atoms. The minimum Gasteiger partial charge on any atom is -0.489 e. The van der Waals surface area contributed by atoms with E-state index in [2.05, 4.69) is 32.0 Å². The van der Waals surface area contributed by atoms with Crippen molar-refractivity contribution in [1.29, 1.82) is 0 Å². The molecule has 7 nitrogen and oxygen atoms in total. The van der Waals surface area contributed by atoms with Crippen molar-refractivity contribution in [2.24, 2.45) is 0 Å². The van der Waals surface area contributed by atoms with Gasteiger partial charge in [-0.1, -0.05) is 23.2 Å². The Morgan fingerprint density at radius 1 is 1.12 bits per heavy atom. The molecule has 170 valence electrons. The third-order valence-corrected chi connectivity index (χ3v) is 6.88. The molecule has 1 aromatic carbocycles. The topological polar surface area (TPSA) is 76.2 Å². The Hall–Kier alpha value is -2.87. The second kappa shape index (κ2) is 8.48. The number of halogens is 2. The van der Waals surface area contributed by atoms with Gasteiger partial charge in [-0.3, -0.25) is 10.1 Å². The van der Waals surface area contributed by atoms with Crippen LogP contribution in [0.1, 0.15) is 18.2 Å². The number of nitrogens with zero attached hydrogens (tertiary/aromatic N) is 4. The van der Waals surface area contributed by atoms with Gasteiger partial charge in [0.05, 0.1) is 26.9 Å². The van der Waals surface area contributed by atoms with Crippen LogP contribution in [0.2, 0.25) is 10.0 Å². The number of fused-ring (bicyclic) bond motifs is 1. The Bertz CT molecular complexity index is 1320. The smallest absolute Gasteiger partial charge is 0.128 e. The Morgan fingerprint density at radius 2 is 1.94 bits per heavy atom. The van der Waals surface area contributed by atoms with E-state index in [1.165, 1.54) is 0 Å². The molecule has 0 spiro atoms. The van der Waals surface area contributed by atoms with Crippen molar-refractivity contribution in [2.75, 3.05) is 25.1 Å². The van der Waals surface area contributed by atoms with Crippen LogP contribution in [0.15, 0.2) is 42.7 Å². The molecular weight excluding hydrogens is 461 g/mol. The van der Waals surface area contributed by atoms with E-state index in [0.717, 1.165) is 41.1 Å². The van der Waals surface area contributed by atoms with Gasteiger partial charge in [0.25, 0.3) is 0 Å². The standard InChI is InChI=1S/C24H23Cl2N5O2/c1-14-22(26)18(19(25)10-27-14)11-33-16-5-6-20-17(8-16)23(30-29-20)15-4-7-21(28-9-15)31-12-24(2,13-31)32-3/h4-10H,11-13H2,1-3H3,(H,29,30). The van der Waals surface area contributed by atoms with Crippen molar-refractivity contribution in [3.05, 3.63) is 64.0 Å². The van der Waals surface area contributed by atoms with Crippen LogP contribution in [0.5, 0.6) is 5.75 Å². The van der Waals surface area contributed by atoms with Gasteiger partial charge in [-0.05, 0) is 44.2 Å². The van der Waals surface area contributed by atoms with Crippen molar-refractivity contribution in [3.63, 3.8) is 0 Å². The lowest BCUT2D eigenvalue weighted by Gasteiger charge is -2.47. The Balaban J connectivity index is 1.36. The van der Waals surface area contributed by atoms with Crippen LogP contribution in [0.25, 0.3) is 22.2 Å². The first-order valence-corrected chi connectivity index (χ1v) is 11.3. The Kier molecular flexibility index (Phi) is 5.64. The number of aromatic nitrogens is 4. The molecule has 9 heteroatoms. The molecule has 1 N–H and O–H groups in total. The van der Waals surface area contributed by atoms with Crippen LogP contribution >= 0.6 is 23.2 Å². The van der Waals surface area contributed by atoms with Crippen LogP contribution in [-0.4, -0.2) is 46.0 Å². The quantitative estimate of drug-likeness (QED) is 0.393. The number of ether oxygens (including phenoxy) is 2. The van der Waals surface area contributed by atoms with Crippen molar-refractivity contribution < 1.29 is 9.47 Å². The molecular formula is C24H23Cl2N5O2. The molecule has 1 saturated heterocycles. The molecule has 0 radical (unpaired) electrons. The number of benzene rings is 1. The summed E-state index contributed by atoms with van der Waals surface area (Å²) in [6.07, 6.45) is 3.44. The van der Waals surface area contributed by atoms with Crippen LogP contribution in [0.3, 0.4) is 0 Å². The van der Waals surface area contributed by atoms with E-state index in [4.69, 9.17) is 32.7 Å². The van der Waals surface area contributed by atoms with Gasteiger partial charge in [0.2, 0.25) is 0 Å². The summed E-state index contributed by atoms with van der Waals surface area (Å²) in [5.74, 6) is 1.62. The number of hydrogen-bond acceptors (Lipinski definition) is 6. The number of pyridine rings is 2. The number of hydrogen-bond donors (Lipinski definition) is 1. The summed E-state index contributed by atoms with van der Waals surface area (Å²) in [4.78, 5) is 11.0. The van der Waals surface area contributed by atoms with E-state index in [1.807, 2.05) is 43.5 Å². The molecule has 0 amide bonds. The Labute approximate surface area is 201 Å². The molecule has 5 rings (SSSR count). The summed E-state index contributed by atoms with van der Waals surface area (Å²) in [6.45, 7) is 5.83. The summed E-state index contributed by atoms with van der Waals surface area (Å²) in [5, 5.41) is 9.53. The average Bonchev–Trinajstić information content (AvgIpc) is 3.23. The fourth-order valence-electron chi connectivity index (χ4n) is 3.97. The fourth-order valence-corrected chi connectivity index (χ4v) is 4.42. The number of rotatable bonds is 6. The van der Waals surface area contributed by atoms with Gasteiger partial charge in [0.15, 0.2) is 0 Å². The summed E-state index contributed by atoms with van der Waals surface area (Å²) in [6, 6.07) is 9.83. The molecule has 1 aliphatic rings. The predicted molar refractivity (Wildman–Crippen MR) is 130 cm³/mol. The Morgan fingerprint density at radius 3 is 2.67 bits per heavy atom. The van der Waals surface area contributed by atoms with Crippen molar-refractivity contribution in [3.8, 4) is 17.0 Å². The summed E-state index contributed by atoms with van der Waals surface area (Å²) >= 11 is 12.6. The van der Waals surface area contributed by atoms with Gasteiger partial charge >= 0.3 is 0 Å². The third-order valence-electron chi connectivity index (χ3n) is 6.05. The molecule has 0 saturated carbocycles. The molecule has 1 aliphatic heterocycles. The van der Waals surface area contributed by atoms with E-state index >= 15 is 0 Å². The summed E-state index contributed by atoms with van der Waals surface area (Å²) in [7, 11) is 1.75. The molecule has 0 atom stereocenters. The van der Waals surface area contributed by atoms with Crippen molar-refractivity contribution in [1.82, 2.24) is 20.2 Å². The highest BCUT2D eigenvalue weighted by Gasteiger charge is 2.39. The maximum atomic E-state index is 6.36. The first kappa shape index (κ1) is 21.9. The van der Waals surface area contributed by atoms with Crippen LogP contribution in [0, 0.1) is 6.92 Å². The van der Waals surface area contributed by atoms with Gasteiger partial charge in [0.1, 0.15) is 23.9 Å². The normalized spacial score (nSPS) is 15.0. The van der Waals surface area contributed by atoms with Gasteiger partial charge in [0, 0.05) is 49.1 Å². The first-order chi connectivity index (χ1) is 15.9. The number of aromatic amines is 1. The minimum absolute atomic E-state index is 0.0986. The highest BCUT2D eigenvalue weighted by molar-refractivity contribution is 6.36. The number of aryl methyl sites for hydroxylation is 1.